The molecule has 1 aliphatic rings. The third-order valence-corrected chi connectivity index (χ3v) is 3.41. The minimum absolute atomic E-state index is 0.276. The van der Waals surface area contributed by atoms with E-state index in [2.05, 4.69) is 25.2 Å². The average molecular weight is 204 g/mol. The van der Waals surface area contributed by atoms with E-state index in [1.807, 2.05) is 12.1 Å². The van der Waals surface area contributed by atoms with E-state index in [0.717, 1.165) is 5.69 Å². The van der Waals surface area contributed by atoms with Crippen LogP contribution in [0.3, 0.4) is 0 Å². The van der Waals surface area contributed by atoms with Crippen molar-refractivity contribution in [3.63, 3.8) is 0 Å². The highest BCUT2D eigenvalue weighted by Crippen LogP contribution is 2.33. The Hall–Kier alpha value is -1.18. The second-order valence-corrected chi connectivity index (χ2v) is 4.97. The van der Waals surface area contributed by atoms with E-state index in [1.165, 1.54) is 36.9 Å². The van der Waals surface area contributed by atoms with Crippen molar-refractivity contribution in [3.05, 3.63) is 23.8 Å². The summed E-state index contributed by atoms with van der Waals surface area (Å²) in [6.07, 6.45) is 5.21. The van der Waals surface area contributed by atoms with Crippen LogP contribution in [-0.2, 0) is 0 Å². The van der Waals surface area contributed by atoms with Crippen molar-refractivity contribution < 1.29 is 0 Å². The van der Waals surface area contributed by atoms with Crippen LogP contribution >= 0.6 is 0 Å². The molecule has 3 N–H and O–H groups in total. The van der Waals surface area contributed by atoms with Gasteiger partial charge in [0.15, 0.2) is 0 Å². The van der Waals surface area contributed by atoms with Crippen molar-refractivity contribution in [3.8, 4) is 0 Å². The highest BCUT2D eigenvalue weighted by molar-refractivity contribution is 5.60. The first-order valence-corrected chi connectivity index (χ1v) is 5.73. The highest BCUT2D eigenvalue weighted by Gasteiger charge is 2.28. The number of nitrogens with one attached hydrogen (secondary N) is 1. The number of nitrogens with two attached hydrogens (primary N) is 1. The molecule has 0 radical (unpaired) electrons. The van der Waals surface area contributed by atoms with Gasteiger partial charge in [-0.05, 0) is 44.4 Å². The van der Waals surface area contributed by atoms with Gasteiger partial charge in [-0.15, -0.1) is 0 Å². The molecule has 0 amide bonds. The first-order chi connectivity index (χ1) is 7.09. The summed E-state index contributed by atoms with van der Waals surface area (Å²) in [5.41, 5.74) is 9.39. The van der Waals surface area contributed by atoms with Gasteiger partial charge < -0.3 is 11.1 Å². The first kappa shape index (κ1) is 10.3. The molecule has 1 fully saturated rings. The smallest absolute Gasteiger partial charge is 0.0394 e. The lowest BCUT2D eigenvalue weighted by molar-refractivity contribution is 0.533. The number of aryl methyl sites for hydroxylation is 1. The van der Waals surface area contributed by atoms with Crippen LogP contribution in [-0.4, -0.2) is 5.54 Å². The Morgan fingerprint density at radius 1 is 1.27 bits per heavy atom. The van der Waals surface area contributed by atoms with Crippen LogP contribution in [0.1, 0.15) is 38.2 Å². The zero-order valence-corrected chi connectivity index (χ0v) is 9.64. The van der Waals surface area contributed by atoms with E-state index >= 15 is 0 Å². The number of nitrogen functional groups attached to an aromatic ring is 1. The second-order valence-electron chi connectivity index (χ2n) is 4.97. The van der Waals surface area contributed by atoms with Crippen LogP contribution in [0.5, 0.6) is 0 Å². The van der Waals surface area contributed by atoms with Gasteiger partial charge >= 0.3 is 0 Å². The maximum atomic E-state index is 5.80. The molecule has 0 aromatic heterocycles. The molecule has 0 aliphatic heterocycles. The normalized spacial score (nSPS) is 19.1. The lowest BCUT2D eigenvalue weighted by Crippen LogP contribution is -2.31. The van der Waals surface area contributed by atoms with Gasteiger partial charge in [0.25, 0.3) is 0 Å². The lowest BCUT2D eigenvalue weighted by Gasteiger charge is -2.27. The summed E-state index contributed by atoms with van der Waals surface area (Å²) in [6, 6.07) is 6.08. The van der Waals surface area contributed by atoms with Crippen molar-refractivity contribution in [2.75, 3.05) is 11.1 Å². The molecule has 2 rings (SSSR count). The topological polar surface area (TPSA) is 38.0 Å². The van der Waals surface area contributed by atoms with E-state index in [-0.39, 0.29) is 5.54 Å². The molecular formula is C13H20N2. The third kappa shape index (κ3) is 2.25. The van der Waals surface area contributed by atoms with Crippen LogP contribution in [0.2, 0.25) is 0 Å². The molecule has 1 aromatic rings. The Kier molecular flexibility index (Phi) is 2.59. The molecule has 1 saturated carbocycles. The van der Waals surface area contributed by atoms with Crippen molar-refractivity contribution in [2.24, 2.45) is 0 Å². The van der Waals surface area contributed by atoms with Crippen LogP contribution in [0.4, 0.5) is 11.4 Å². The highest BCUT2D eigenvalue weighted by atomic mass is 15.0. The van der Waals surface area contributed by atoms with Gasteiger partial charge in [-0.2, -0.15) is 0 Å². The molecule has 1 aromatic carbocycles. The van der Waals surface area contributed by atoms with Crippen molar-refractivity contribution >= 4 is 11.4 Å². The third-order valence-electron chi connectivity index (χ3n) is 3.41. The Labute approximate surface area is 91.9 Å². The number of hydrogen-bond acceptors (Lipinski definition) is 2. The van der Waals surface area contributed by atoms with Crippen molar-refractivity contribution in [1.29, 1.82) is 0 Å². The van der Waals surface area contributed by atoms with E-state index < -0.39 is 0 Å². The van der Waals surface area contributed by atoms with Crippen LogP contribution in [0, 0.1) is 6.92 Å². The standard InChI is InChI=1S/C13H20N2/c1-10-5-6-11(14)9-12(10)15-13(2)7-3-4-8-13/h5-6,9,15H,3-4,7-8,14H2,1-2H3. The van der Waals surface area contributed by atoms with E-state index in [0.29, 0.717) is 0 Å². The number of anilines is 2. The number of benzene rings is 1. The predicted molar refractivity (Wildman–Crippen MR) is 66.1 cm³/mol. The van der Waals surface area contributed by atoms with Crippen molar-refractivity contribution in [2.45, 2.75) is 45.1 Å². The molecule has 15 heavy (non-hydrogen) atoms. The number of hydrogen-bond donors (Lipinski definition) is 2. The van der Waals surface area contributed by atoms with Gasteiger partial charge in [0.1, 0.15) is 0 Å². The van der Waals surface area contributed by atoms with E-state index in [1.54, 1.807) is 0 Å². The zero-order valence-electron chi connectivity index (χ0n) is 9.64. The summed E-state index contributed by atoms with van der Waals surface area (Å²) >= 11 is 0. The molecule has 0 unspecified atom stereocenters. The van der Waals surface area contributed by atoms with Crippen LogP contribution in [0.25, 0.3) is 0 Å². The fourth-order valence-corrected chi connectivity index (χ4v) is 2.38. The Morgan fingerprint density at radius 2 is 1.93 bits per heavy atom. The minimum atomic E-state index is 0.276. The lowest BCUT2D eigenvalue weighted by atomic mass is 9.99. The Morgan fingerprint density at radius 3 is 2.60 bits per heavy atom. The van der Waals surface area contributed by atoms with Gasteiger partial charge in [-0.25, -0.2) is 0 Å². The summed E-state index contributed by atoms with van der Waals surface area (Å²) in [6.45, 7) is 4.43. The quantitative estimate of drug-likeness (QED) is 0.725. The fourth-order valence-electron chi connectivity index (χ4n) is 2.38. The molecule has 0 bridgehead atoms. The maximum Gasteiger partial charge on any atom is 0.0394 e. The average Bonchev–Trinajstić information content (AvgIpc) is 2.59. The monoisotopic (exact) mass is 204 g/mol. The molecular weight excluding hydrogens is 184 g/mol. The van der Waals surface area contributed by atoms with Gasteiger partial charge in [0.05, 0.1) is 0 Å². The zero-order chi connectivity index (χ0) is 10.9. The van der Waals surface area contributed by atoms with Gasteiger partial charge in [-0.1, -0.05) is 18.9 Å². The Balaban J connectivity index is 2.19. The molecule has 2 heteroatoms. The molecule has 82 valence electrons. The molecule has 2 nitrogen and oxygen atoms in total. The SMILES string of the molecule is Cc1ccc(N)cc1NC1(C)CCCC1. The first-order valence-electron chi connectivity index (χ1n) is 5.73. The molecule has 0 heterocycles. The molecule has 0 spiro atoms. The van der Waals surface area contributed by atoms with E-state index in [9.17, 15) is 0 Å². The largest absolute Gasteiger partial charge is 0.399 e. The predicted octanol–water partition coefficient (Wildman–Crippen LogP) is 3.32. The molecule has 1 aliphatic carbocycles. The fraction of sp³-hybridized carbons (Fsp3) is 0.538. The van der Waals surface area contributed by atoms with Crippen molar-refractivity contribution in [1.82, 2.24) is 0 Å². The number of rotatable bonds is 2. The van der Waals surface area contributed by atoms with Crippen LogP contribution in [0.15, 0.2) is 18.2 Å². The van der Waals surface area contributed by atoms with Gasteiger partial charge in [0, 0.05) is 16.9 Å². The summed E-state index contributed by atoms with van der Waals surface area (Å²) < 4.78 is 0. The summed E-state index contributed by atoms with van der Waals surface area (Å²) in [5, 5.41) is 3.65. The second kappa shape index (κ2) is 3.76. The van der Waals surface area contributed by atoms with Gasteiger partial charge in [0.2, 0.25) is 0 Å². The Bertz CT molecular complexity index is 352. The van der Waals surface area contributed by atoms with Crippen LogP contribution < -0.4 is 11.1 Å². The summed E-state index contributed by atoms with van der Waals surface area (Å²) in [4.78, 5) is 0. The minimum Gasteiger partial charge on any atom is -0.399 e. The molecule has 0 saturated heterocycles. The van der Waals surface area contributed by atoms with E-state index in [4.69, 9.17) is 5.73 Å². The maximum absolute atomic E-state index is 5.80. The summed E-state index contributed by atoms with van der Waals surface area (Å²) in [5.74, 6) is 0. The van der Waals surface area contributed by atoms with Gasteiger partial charge in [-0.3, -0.25) is 0 Å². The summed E-state index contributed by atoms with van der Waals surface area (Å²) in [7, 11) is 0. The molecule has 0 atom stereocenters.